The van der Waals surface area contributed by atoms with Crippen LogP contribution in [0.5, 0.6) is 0 Å². The highest BCUT2D eigenvalue weighted by Crippen LogP contribution is 2.25. The number of hydrogen-bond acceptors (Lipinski definition) is 3. The molecule has 3 nitrogen and oxygen atoms in total. The molecule has 0 radical (unpaired) electrons. The van der Waals surface area contributed by atoms with Gasteiger partial charge in [-0.05, 0) is 48.6 Å². The monoisotopic (exact) mass is 296 g/mol. The third-order valence-electron chi connectivity index (χ3n) is 3.63. The fourth-order valence-electron chi connectivity index (χ4n) is 2.59. The lowest BCUT2D eigenvalue weighted by Gasteiger charge is -2.24. The number of hydrogen-bond donors (Lipinski definition) is 1. The van der Waals surface area contributed by atoms with Gasteiger partial charge in [0, 0.05) is 17.8 Å². The van der Waals surface area contributed by atoms with Gasteiger partial charge in [-0.25, -0.2) is 0 Å². The van der Waals surface area contributed by atoms with Gasteiger partial charge in [-0.3, -0.25) is 4.79 Å². The molecule has 1 aliphatic rings. The molecule has 2 aromatic rings. The van der Waals surface area contributed by atoms with E-state index in [4.69, 9.17) is 5.73 Å². The molecular formula is C17H16N2OS. The van der Waals surface area contributed by atoms with E-state index in [2.05, 4.69) is 16.7 Å². The smallest absolute Gasteiger partial charge is 0.240 e. The molecule has 3 rings (SSSR count). The molecule has 1 atom stereocenters. The number of nitrogens with two attached hydrogens (primary N) is 1. The summed E-state index contributed by atoms with van der Waals surface area (Å²) in [5.41, 5.74) is 7.47. The fourth-order valence-corrected chi connectivity index (χ4v) is 3.16. The van der Waals surface area contributed by atoms with Crippen LogP contribution in [0.25, 0.3) is 0 Å². The Hall–Kier alpha value is -2.25. The van der Waals surface area contributed by atoms with Crippen molar-refractivity contribution in [2.45, 2.75) is 18.9 Å². The van der Waals surface area contributed by atoms with Crippen LogP contribution < -0.4 is 10.6 Å². The first-order chi connectivity index (χ1) is 10.2. The van der Waals surface area contributed by atoms with Gasteiger partial charge in [0.05, 0.1) is 4.88 Å². The quantitative estimate of drug-likeness (QED) is 0.866. The average molecular weight is 296 g/mol. The van der Waals surface area contributed by atoms with Crippen LogP contribution in [0.15, 0.2) is 41.8 Å². The number of carbonyl (C=O) groups is 1. The molecule has 0 bridgehead atoms. The van der Waals surface area contributed by atoms with Gasteiger partial charge >= 0.3 is 0 Å². The maximum atomic E-state index is 11.4. The Balaban J connectivity index is 1.76. The Kier molecular flexibility index (Phi) is 3.94. The highest BCUT2D eigenvalue weighted by atomic mass is 32.1. The molecule has 1 aliphatic heterocycles. The normalized spacial score (nSPS) is 17.3. The number of carbonyl (C=O) groups excluding carboxylic acids is 1. The van der Waals surface area contributed by atoms with Crippen molar-refractivity contribution in [2.75, 3.05) is 11.4 Å². The summed E-state index contributed by atoms with van der Waals surface area (Å²) in [6.45, 7) is 0.883. The van der Waals surface area contributed by atoms with Gasteiger partial charge in [-0.1, -0.05) is 17.9 Å². The minimum absolute atomic E-state index is 0.173. The minimum Gasteiger partial charge on any atom is -0.368 e. The maximum Gasteiger partial charge on any atom is 0.240 e. The van der Waals surface area contributed by atoms with Gasteiger partial charge < -0.3 is 10.6 Å². The Morgan fingerprint density at radius 1 is 1.24 bits per heavy atom. The van der Waals surface area contributed by atoms with Crippen molar-refractivity contribution in [3.63, 3.8) is 0 Å². The molecule has 1 aromatic carbocycles. The van der Waals surface area contributed by atoms with Crippen LogP contribution in [0, 0.1) is 11.8 Å². The summed E-state index contributed by atoms with van der Waals surface area (Å²) in [7, 11) is 0. The summed E-state index contributed by atoms with van der Waals surface area (Å²) >= 11 is 1.64. The van der Waals surface area contributed by atoms with Gasteiger partial charge in [0.15, 0.2) is 0 Å². The van der Waals surface area contributed by atoms with E-state index in [0.717, 1.165) is 35.5 Å². The third-order valence-corrected chi connectivity index (χ3v) is 4.42. The molecule has 1 amide bonds. The van der Waals surface area contributed by atoms with Gasteiger partial charge in [-0.15, -0.1) is 11.3 Å². The van der Waals surface area contributed by atoms with Crippen molar-refractivity contribution < 1.29 is 4.79 Å². The highest BCUT2D eigenvalue weighted by molar-refractivity contribution is 7.10. The third kappa shape index (κ3) is 3.09. The lowest BCUT2D eigenvalue weighted by molar-refractivity contribution is -0.119. The van der Waals surface area contributed by atoms with Crippen LogP contribution in [0.4, 0.5) is 5.69 Å². The number of thiophene rings is 1. The summed E-state index contributed by atoms with van der Waals surface area (Å²) in [5, 5.41) is 2.02. The van der Waals surface area contributed by atoms with E-state index >= 15 is 0 Å². The topological polar surface area (TPSA) is 46.3 Å². The summed E-state index contributed by atoms with van der Waals surface area (Å²) < 4.78 is 0. The average Bonchev–Trinajstić information content (AvgIpc) is 3.17. The number of amides is 1. The van der Waals surface area contributed by atoms with Crippen LogP contribution >= 0.6 is 11.3 Å². The molecule has 2 N–H and O–H groups in total. The van der Waals surface area contributed by atoms with Gasteiger partial charge in [-0.2, -0.15) is 0 Å². The zero-order chi connectivity index (χ0) is 14.7. The van der Waals surface area contributed by atoms with E-state index in [1.54, 1.807) is 11.3 Å². The first-order valence-electron chi connectivity index (χ1n) is 6.95. The maximum absolute atomic E-state index is 11.4. The van der Waals surface area contributed by atoms with Crippen LogP contribution in [-0.2, 0) is 4.79 Å². The first kappa shape index (κ1) is 13.7. The zero-order valence-corrected chi connectivity index (χ0v) is 12.4. The van der Waals surface area contributed by atoms with E-state index in [1.165, 1.54) is 0 Å². The highest BCUT2D eigenvalue weighted by Gasteiger charge is 2.28. The predicted molar refractivity (Wildman–Crippen MR) is 86.3 cm³/mol. The molecule has 2 heterocycles. The summed E-state index contributed by atoms with van der Waals surface area (Å²) in [4.78, 5) is 14.6. The Labute approximate surface area is 128 Å². The molecule has 1 fully saturated rings. The number of primary amides is 1. The van der Waals surface area contributed by atoms with Crippen LogP contribution in [-0.4, -0.2) is 18.5 Å². The molecule has 0 aliphatic carbocycles. The summed E-state index contributed by atoms with van der Waals surface area (Å²) in [6, 6.07) is 11.8. The van der Waals surface area contributed by atoms with Crippen molar-refractivity contribution in [1.82, 2.24) is 0 Å². The van der Waals surface area contributed by atoms with E-state index < -0.39 is 0 Å². The molecule has 4 heteroatoms. The fraction of sp³-hybridized carbons (Fsp3) is 0.235. The van der Waals surface area contributed by atoms with Crippen molar-refractivity contribution >= 4 is 22.9 Å². The standard InChI is InChI=1S/C17H16N2OS/c18-17(20)16-4-1-11-19(16)14-8-5-13(6-9-14)7-10-15-3-2-12-21-15/h2-3,5-6,8-9,12,16H,1,4,11H2,(H2,18,20)/t16-/m1/s1. The predicted octanol–water partition coefficient (Wildman–Crippen LogP) is 2.60. The molecule has 106 valence electrons. The Morgan fingerprint density at radius 3 is 2.71 bits per heavy atom. The van der Waals surface area contributed by atoms with Gasteiger partial charge in [0.25, 0.3) is 0 Å². The molecule has 0 spiro atoms. The van der Waals surface area contributed by atoms with E-state index in [0.29, 0.717) is 0 Å². The van der Waals surface area contributed by atoms with E-state index in [9.17, 15) is 4.79 Å². The van der Waals surface area contributed by atoms with Crippen LogP contribution in [0.2, 0.25) is 0 Å². The van der Waals surface area contributed by atoms with Crippen molar-refractivity contribution in [1.29, 1.82) is 0 Å². The SMILES string of the molecule is NC(=O)[C@H]1CCCN1c1ccc(C#Cc2cccs2)cc1. The number of benzene rings is 1. The second-order valence-electron chi connectivity index (χ2n) is 5.03. The van der Waals surface area contributed by atoms with Crippen LogP contribution in [0.3, 0.4) is 0 Å². The van der Waals surface area contributed by atoms with Crippen molar-refractivity contribution in [2.24, 2.45) is 5.73 Å². The lowest BCUT2D eigenvalue weighted by atomic mass is 10.1. The number of nitrogens with zero attached hydrogens (tertiary/aromatic N) is 1. The van der Waals surface area contributed by atoms with E-state index in [-0.39, 0.29) is 11.9 Å². The largest absolute Gasteiger partial charge is 0.368 e. The number of rotatable bonds is 2. The molecule has 1 saturated heterocycles. The molecule has 1 aromatic heterocycles. The molecule has 0 unspecified atom stereocenters. The van der Waals surface area contributed by atoms with Crippen molar-refractivity contribution in [3.8, 4) is 11.8 Å². The van der Waals surface area contributed by atoms with Crippen LogP contribution in [0.1, 0.15) is 23.3 Å². The number of anilines is 1. The molecule has 21 heavy (non-hydrogen) atoms. The first-order valence-corrected chi connectivity index (χ1v) is 7.83. The van der Waals surface area contributed by atoms with Gasteiger partial charge in [0.2, 0.25) is 5.91 Å². The second-order valence-corrected chi connectivity index (χ2v) is 5.98. The lowest BCUT2D eigenvalue weighted by Crippen LogP contribution is -2.40. The molecule has 0 saturated carbocycles. The second kappa shape index (κ2) is 6.02. The summed E-state index contributed by atoms with van der Waals surface area (Å²) in [5.74, 6) is 6.05. The van der Waals surface area contributed by atoms with Crippen molar-refractivity contribution in [3.05, 3.63) is 52.2 Å². The van der Waals surface area contributed by atoms with Gasteiger partial charge in [0.1, 0.15) is 6.04 Å². The summed E-state index contributed by atoms with van der Waals surface area (Å²) in [6.07, 6.45) is 1.85. The zero-order valence-electron chi connectivity index (χ0n) is 11.6. The van der Waals surface area contributed by atoms with E-state index in [1.807, 2.05) is 41.8 Å². The Bertz CT molecular complexity index is 680. The molecular weight excluding hydrogens is 280 g/mol. The minimum atomic E-state index is -0.242. The Morgan fingerprint density at radius 2 is 2.05 bits per heavy atom.